The van der Waals surface area contributed by atoms with Gasteiger partial charge in [-0.2, -0.15) is 0 Å². The van der Waals surface area contributed by atoms with Gasteiger partial charge in [0.25, 0.3) is 0 Å². The van der Waals surface area contributed by atoms with Gasteiger partial charge in [0.15, 0.2) is 12.8 Å². The van der Waals surface area contributed by atoms with Gasteiger partial charge in [-0.05, 0) is 66.9 Å². The molecule has 0 bridgehead atoms. The zero-order chi connectivity index (χ0) is 23.6. The summed E-state index contributed by atoms with van der Waals surface area (Å²) in [6.07, 6.45) is 13.3. The number of rotatable bonds is 6. The standard InChI is InChI=1S/C28H36O.CH3NO2/c1-21-7-9-23(10-8-21)19-24-11-13-25(14-12-24)26-15-17-27(18-16-26)28(29)20-22-5-3-2-4-6-22;1-2(3)4/h2-6,15-18,21,23-25H,7-14,19-20H2,1H3;1H3. The molecule has 0 aromatic heterocycles. The summed E-state index contributed by atoms with van der Waals surface area (Å²) >= 11 is 0. The lowest BCUT2D eigenvalue weighted by molar-refractivity contribution is -0.445. The average molecular weight is 450 g/mol. The largest absolute Gasteiger partial charge is 0.294 e. The van der Waals surface area contributed by atoms with Gasteiger partial charge < -0.3 is 0 Å². The number of benzene rings is 2. The first-order valence-electron chi connectivity index (χ1n) is 12.7. The third-order valence-electron chi connectivity index (χ3n) is 7.56. The molecule has 0 amide bonds. The maximum Gasteiger partial charge on any atom is 0.194 e. The number of nitrogens with zero attached hydrogens (tertiary/aromatic N) is 1. The van der Waals surface area contributed by atoms with Crippen molar-refractivity contribution < 1.29 is 9.72 Å². The van der Waals surface area contributed by atoms with E-state index in [0.717, 1.165) is 35.9 Å². The van der Waals surface area contributed by atoms with E-state index in [4.69, 9.17) is 10.1 Å². The van der Waals surface area contributed by atoms with Crippen molar-refractivity contribution in [3.8, 4) is 0 Å². The van der Waals surface area contributed by atoms with E-state index >= 15 is 0 Å². The van der Waals surface area contributed by atoms with Crippen LogP contribution in [0.25, 0.3) is 0 Å². The molecular formula is C29H39NO3. The second-order valence-corrected chi connectivity index (χ2v) is 10.2. The molecule has 0 N–H and O–H groups in total. The van der Waals surface area contributed by atoms with Gasteiger partial charge in [-0.15, -0.1) is 0 Å². The molecule has 4 heteroatoms. The third-order valence-corrected chi connectivity index (χ3v) is 7.56. The molecule has 2 aliphatic rings. The van der Waals surface area contributed by atoms with Crippen LogP contribution < -0.4 is 0 Å². The highest BCUT2D eigenvalue weighted by molar-refractivity contribution is 5.97. The molecule has 0 spiro atoms. The van der Waals surface area contributed by atoms with Gasteiger partial charge in [0.2, 0.25) is 0 Å². The van der Waals surface area contributed by atoms with Gasteiger partial charge in [0.05, 0.1) is 0 Å². The molecule has 0 heterocycles. The van der Waals surface area contributed by atoms with Crippen molar-refractivity contribution in [2.45, 2.75) is 77.0 Å². The minimum Gasteiger partial charge on any atom is -0.294 e. The maximum atomic E-state index is 12.6. The van der Waals surface area contributed by atoms with Gasteiger partial charge in [-0.25, -0.2) is 0 Å². The molecule has 2 aromatic rings. The van der Waals surface area contributed by atoms with Crippen molar-refractivity contribution in [3.63, 3.8) is 0 Å². The van der Waals surface area contributed by atoms with Crippen molar-refractivity contribution in [1.29, 1.82) is 0 Å². The van der Waals surface area contributed by atoms with Crippen molar-refractivity contribution in [2.75, 3.05) is 7.05 Å². The van der Waals surface area contributed by atoms with Gasteiger partial charge >= 0.3 is 0 Å². The summed E-state index contributed by atoms with van der Waals surface area (Å²) in [5.74, 6) is 3.83. The van der Waals surface area contributed by atoms with Crippen LogP contribution in [-0.2, 0) is 6.42 Å². The first-order chi connectivity index (χ1) is 15.9. The average Bonchev–Trinajstić information content (AvgIpc) is 2.81. The number of hydrogen-bond donors (Lipinski definition) is 0. The van der Waals surface area contributed by atoms with Crippen LogP contribution in [0.5, 0.6) is 0 Å². The summed E-state index contributed by atoms with van der Waals surface area (Å²) in [7, 11) is 0.889. The Labute approximate surface area is 199 Å². The number of hydrogen-bond acceptors (Lipinski definition) is 3. The molecule has 178 valence electrons. The van der Waals surface area contributed by atoms with Gasteiger partial charge in [0.1, 0.15) is 0 Å². The minimum absolute atomic E-state index is 0.216. The highest BCUT2D eigenvalue weighted by Gasteiger charge is 2.26. The third kappa shape index (κ3) is 8.42. The van der Waals surface area contributed by atoms with Crippen LogP contribution in [-0.4, -0.2) is 17.8 Å². The molecular weight excluding hydrogens is 410 g/mol. The molecule has 4 rings (SSSR count). The molecule has 33 heavy (non-hydrogen) atoms. The fraction of sp³-hybridized carbons (Fsp3) is 0.552. The highest BCUT2D eigenvalue weighted by atomic mass is 16.6. The van der Waals surface area contributed by atoms with Crippen LogP contribution in [0, 0.1) is 27.9 Å². The Hall–Kier alpha value is -2.49. The number of carbonyl (C=O) groups excluding carboxylic acids is 1. The zero-order valence-corrected chi connectivity index (χ0v) is 20.2. The Morgan fingerprint density at radius 3 is 1.91 bits per heavy atom. The molecule has 2 aliphatic carbocycles. The van der Waals surface area contributed by atoms with E-state index in [1.807, 2.05) is 30.3 Å². The normalized spacial score (nSPS) is 24.9. The monoisotopic (exact) mass is 449 g/mol. The van der Waals surface area contributed by atoms with E-state index in [0.29, 0.717) is 12.3 Å². The smallest absolute Gasteiger partial charge is 0.194 e. The van der Waals surface area contributed by atoms with Crippen LogP contribution in [0.1, 0.15) is 92.1 Å². The maximum absolute atomic E-state index is 12.6. The van der Waals surface area contributed by atoms with E-state index < -0.39 is 4.92 Å². The summed E-state index contributed by atoms with van der Waals surface area (Å²) in [6.45, 7) is 2.42. The summed E-state index contributed by atoms with van der Waals surface area (Å²) in [5.41, 5.74) is 3.37. The molecule has 0 unspecified atom stereocenters. The van der Waals surface area contributed by atoms with E-state index in [9.17, 15) is 4.79 Å². The summed E-state index contributed by atoms with van der Waals surface area (Å²) in [5, 5.41) is 8.81. The second kappa shape index (κ2) is 12.7. The van der Waals surface area contributed by atoms with Crippen molar-refractivity contribution in [2.24, 2.45) is 17.8 Å². The molecule has 4 nitrogen and oxygen atoms in total. The lowest BCUT2D eigenvalue weighted by atomic mass is 9.72. The van der Waals surface area contributed by atoms with Crippen LogP contribution in [0.2, 0.25) is 0 Å². The van der Waals surface area contributed by atoms with Gasteiger partial charge in [-0.1, -0.05) is 87.2 Å². The lowest BCUT2D eigenvalue weighted by Gasteiger charge is -2.33. The van der Waals surface area contributed by atoms with Crippen LogP contribution in [0.3, 0.4) is 0 Å². The topological polar surface area (TPSA) is 60.2 Å². The fourth-order valence-corrected chi connectivity index (χ4v) is 5.59. The molecule has 2 aromatic carbocycles. The van der Waals surface area contributed by atoms with E-state index in [1.165, 1.54) is 63.4 Å². The molecule has 0 radical (unpaired) electrons. The zero-order valence-electron chi connectivity index (χ0n) is 20.2. The van der Waals surface area contributed by atoms with Crippen LogP contribution >= 0.6 is 0 Å². The van der Waals surface area contributed by atoms with E-state index in [2.05, 4.69) is 31.2 Å². The lowest BCUT2D eigenvalue weighted by Crippen LogP contribution is -2.19. The van der Waals surface area contributed by atoms with E-state index in [-0.39, 0.29) is 5.78 Å². The first kappa shape index (κ1) is 25.1. The van der Waals surface area contributed by atoms with Crippen molar-refractivity contribution >= 4 is 5.78 Å². The Morgan fingerprint density at radius 2 is 1.36 bits per heavy atom. The van der Waals surface area contributed by atoms with Crippen LogP contribution in [0.15, 0.2) is 54.6 Å². The second-order valence-electron chi connectivity index (χ2n) is 10.2. The molecule has 0 aliphatic heterocycles. The number of Topliss-reactive ketones (excluding diaryl/α,β-unsaturated/α-hetero) is 1. The van der Waals surface area contributed by atoms with Crippen molar-refractivity contribution in [3.05, 3.63) is 81.4 Å². The Morgan fingerprint density at radius 1 is 0.848 bits per heavy atom. The number of nitro groups is 1. The fourth-order valence-electron chi connectivity index (χ4n) is 5.59. The van der Waals surface area contributed by atoms with Crippen LogP contribution in [0.4, 0.5) is 0 Å². The Kier molecular flexibility index (Phi) is 9.65. The molecule has 2 saturated carbocycles. The number of ketones is 1. The van der Waals surface area contributed by atoms with E-state index in [1.54, 1.807) is 0 Å². The summed E-state index contributed by atoms with van der Waals surface area (Å²) in [6, 6.07) is 18.6. The molecule has 2 fully saturated rings. The number of carbonyl (C=O) groups is 1. The first-order valence-corrected chi connectivity index (χ1v) is 12.7. The quantitative estimate of drug-likeness (QED) is 0.261. The molecule has 0 atom stereocenters. The van der Waals surface area contributed by atoms with Crippen molar-refractivity contribution in [1.82, 2.24) is 0 Å². The molecule has 0 saturated heterocycles. The predicted molar refractivity (Wildman–Crippen MR) is 134 cm³/mol. The summed E-state index contributed by atoms with van der Waals surface area (Å²) < 4.78 is 0. The highest BCUT2D eigenvalue weighted by Crippen LogP contribution is 2.41. The minimum atomic E-state index is -0.500. The SMILES string of the molecule is CC1CCC(CC2CCC(c3ccc(C(=O)Cc4ccccc4)cc3)CC2)CC1.C[N+](=O)[O-]. The Balaban J connectivity index is 0.000000709. The summed E-state index contributed by atoms with van der Waals surface area (Å²) in [4.78, 5) is 20.9. The van der Waals surface area contributed by atoms with Gasteiger partial charge in [-0.3, -0.25) is 14.9 Å². The van der Waals surface area contributed by atoms with Gasteiger partial charge in [0, 0.05) is 16.9 Å². The Bertz CT molecular complexity index is 857. The predicted octanol–water partition coefficient (Wildman–Crippen LogP) is 7.50.